The molecule has 0 radical (unpaired) electrons. The van der Waals surface area contributed by atoms with Crippen molar-refractivity contribution in [1.82, 2.24) is 9.80 Å². The number of benzene rings is 1. The van der Waals surface area contributed by atoms with E-state index in [1.165, 1.54) is 0 Å². The molecule has 10 heteroatoms. The van der Waals surface area contributed by atoms with Crippen molar-refractivity contribution in [2.24, 2.45) is 0 Å². The molecule has 0 saturated heterocycles. The fourth-order valence-corrected chi connectivity index (χ4v) is 5.31. The number of nitrogens with zero attached hydrogens (tertiary/aromatic N) is 2. The van der Waals surface area contributed by atoms with Crippen molar-refractivity contribution in [3.05, 3.63) is 35.4 Å². The van der Waals surface area contributed by atoms with Crippen LogP contribution in [0.5, 0.6) is 0 Å². The monoisotopic (exact) mass is 604 g/mol. The lowest BCUT2D eigenvalue weighted by molar-refractivity contribution is -0.164. The minimum atomic E-state index is -0.903. The van der Waals surface area contributed by atoms with E-state index >= 15 is 0 Å². The molecule has 242 valence electrons. The van der Waals surface area contributed by atoms with E-state index in [1.807, 2.05) is 37.8 Å². The van der Waals surface area contributed by atoms with E-state index in [9.17, 15) is 19.2 Å². The summed E-state index contributed by atoms with van der Waals surface area (Å²) >= 11 is 0. The summed E-state index contributed by atoms with van der Waals surface area (Å²) in [6.45, 7) is 16.5. The van der Waals surface area contributed by atoms with Gasteiger partial charge in [-0.05, 0) is 86.3 Å². The average Bonchev–Trinajstić information content (AvgIpc) is 2.80. The normalized spacial score (nSPS) is 17.9. The molecule has 0 heterocycles. The first-order chi connectivity index (χ1) is 19.7. The van der Waals surface area contributed by atoms with Crippen LogP contribution in [0.15, 0.2) is 24.3 Å². The van der Waals surface area contributed by atoms with Gasteiger partial charge in [-0.15, -0.1) is 0 Å². The maximum Gasteiger partial charge on any atom is 0.320 e. The lowest BCUT2D eigenvalue weighted by Gasteiger charge is -2.44. The number of esters is 3. The molecule has 2 atom stereocenters. The highest BCUT2D eigenvalue weighted by Crippen LogP contribution is 2.29. The summed E-state index contributed by atoms with van der Waals surface area (Å²) in [6, 6.07) is 6.90. The fraction of sp³-hybridized carbons (Fsp3) is 0.697. The first kappa shape index (κ1) is 36.2. The van der Waals surface area contributed by atoms with Crippen molar-refractivity contribution < 1.29 is 38.5 Å². The molecular weight excluding hydrogens is 552 g/mol. The van der Waals surface area contributed by atoms with Crippen LogP contribution >= 0.6 is 0 Å². The minimum Gasteiger partial charge on any atom is -0.481 e. The lowest BCUT2D eigenvalue weighted by Crippen LogP contribution is -2.57. The van der Waals surface area contributed by atoms with E-state index in [4.69, 9.17) is 19.3 Å². The second-order valence-electron chi connectivity index (χ2n) is 14.4. The number of rotatable bonds is 12. The number of carboxylic acids is 1. The molecule has 0 aliphatic heterocycles. The van der Waals surface area contributed by atoms with Crippen molar-refractivity contribution in [2.75, 3.05) is 19.6 Å². The van der Waals surface area contributed by atoms with E-state index in [1.54, 1.807) is 53.7 Å². The number of ether oxygens (including phenoxy) is 3. The molecule has 2 rings (SSSR count). The van der Waals surface area contributed by atoms with Gasteiger partial charge in [-0.2, -0.15) is 0 Å². The first-order valence-corrected chi connectivity index (χ1v) is 15.1. The smallest absolute Gasteiger partial charge is 0.320 e. The van der Waals surface area contributed by atoms with Gasteiger partial charge in [0, 0.05) is 18.6 Å². The average molecular weight is 605 g/mol. The Kier molecular flexibility index (Phi) is 12.8. The van der Waals surface area contributed by atoms with E-state index in [0.717, 1.165) is 31.2 Å². The number of aliphatic carboxylic acids is 1. The van der Waals surface area contributed by atoms with Crippen LogP contribution < -0.4 is 0 Å². The number of hydrogen-bond donors (Lipinski definition) is 1. The van der Waals surface area contributed by atoms with Crippen LogP contribution in [0.2, 0.25) is 0 Å². The second kappa shape index (κ2) is 15.1. The van der Waals surface area contributed by atoms with Crippen LogP contribution in [0.3, 0.4) is 0 Å². The van der Waals surface area contributed by atoms with Crippen LogP contribution in [-0.4, -0.2) is 87.3 Å². The van der Waals surface area contributed by atoms with Gasteiger partial charge in [0.05, 0.1) is 26.1 Å². The van der Waals surface area contributed by atoms with Crippen molar-refractivity contribution in [1.29, 1.82) is 0 Å². The molecule has 1 N–H and O–H groups in total. The molecule has 1 aliphatic carbocycles. The Labute approximate surface area is 257 Å². The molecule has 1 aliphatic rings. The Balaban J connectivity index is 2.44. The Morgan fingerprint density at radius 1 is 0.651 bits per heavy atom. The lowest BCUT2D eigenvalue weighted by atomic mass is 9.87. The summed E-state index contributed by atoms with van der Waals surface area (Å²) in [5.74, 6) is -2.15. The molecule has 0 aromatic heterocycles. The predicted octanol–water partition coefficient (Wildman–Crippen LogP) is 4.75. The molecule has 0 unspecified atom stereocenters. The third-order valence-corrected chi connectivity index (χ3v) is 6.65. The summed E-state index contributed by atoms with van der Waals surface area (Å²) in [5, 5.41) is 9.14. The summed E-state index contributed by atoms with van der Waals surface area (Å²) < 4.78 is 16.9. The molecule has 1 fully saturated rings. The van der Waals surface area contributed by atoms with E-state index in [0.29, 0.717) is 12.1 Å². The summed E-state index contributed by atoms with van der Waals surface area (Å²) in [6.07, 6.45) is 3.24. The number of hydrogen-bond acceptors (Lipinski definition) is 9. The van der Waals surface area contributed by atoms with Gasteiger partial charge in [-0.25, -0.2) is 0 Å². The summed E-state index contributed by atoms with van der Waals surface area (Å²) in [5.41, 5.74) is -0.432. The van der Waals surface area contributed by atoms with E-state index < -0.39 is 34.7 Å². The fourth-order valence-electron chi connectivity index (χ4n) is 5.31. The summed E-state index contributed by atoms with van der Waals surface area (Å²) in [4.78, 5) is 54.3. The van der Waals surface area contributed by atoms with Crippen molar-refractivity contribution in [2.45, 2.75) is 130 Å². The van der Waals surface area contributed by atoms with E-state index in [-0.39, 0.29) is 44.1 Å². The number of carbonyl (C=O) groups excluding carboxylic acids is 3. The van der Waals surface area contributed by atoms with Gasteiger partial charge >= 0.3 is 23.9 Å². The molecule has 0 spiro atoms. The maximum atomic E-state index is 13.1. The van der Waals surface area contributed by atoms with Crippen molar-refractivity contribution >= 4 is 23.9 Å². The number of carboxylic acid groups (broad SMARTS) is 1. The zero-order chi connectivity index (χ0) is 32.6. The van der Waals surface area contributed by atoms with Gasteiger partial charge in [-0.1, -0.05) is 37.1 Å². The summed E-state index contributed by atoms with van der Waals surface area (Å²) in [7, 11) is 0. The highest BCUT2D eigenvalue weighted by Gasteiger charge is 2.38. The van der Waals surface area contributed by atoms with Crippen molar-refractivity contribution in [3.8, 4) is 0 Å². The quantitative estimate of drug-likeness (QED) is 0.264. The maximum absolute atomic E-state index is 13.1. The van der Waals surface area contributed by atoms with Crippen LogP contribution in [-0.2, 0) is 46.4 Å². The Morgan fingerprint density at radius 3 is 1.37 bits per heavy atom. The topological polar surface area (TPSA) is 123 Å². The zero-order valence-corrected chi connectivity index (χ0v) is 27.5. The van der Waals surface area contributed by atoms with Gasteiger partial charge in [0.15, 0.2) is 0 Å². The van der Waals surface area contributed by atoms with Gasteiger partial charge in [0.2, 0.25) is 0 Å². The van der Waals surface area contributed by atoms with Gasteiger partial charge in [0.1, 0.15) is 16.8 Å². The predicted molar refractivity (Wildman–Crippen MR) is 163 cm³/mol. The standard InChI is InChI=1S/C33H52N2O8/c1-31(2,3)41-28(38)20-34(19-24-16-14-23(15-17-24)18-27(36)37)25-12-10-11-13-26(25)35(21-29(39)42-32(4,5)6)22-30(40)43-33(7,8)9/h14-17,25-26H,10-13,18-22H2,1-9H3,(H,36,37)/t25-,26-/m1/s1. The van der Waals surface area contributed by atoms with Gasteiger partial charge in [0.25, 0.3) is 0 Å². The second-order valence-corrected chi connectivity index (χ2v) is 14.4. The molecule has 10 nitrogen and oxygen atoms in total. The van der Waals surface area contributed by atoms with Gasteiger partial charge in [-0.3, -0.25) is 29.0 Å². The third-order valence-electron chi connectivity index (χ3n) is 6.65. The van der Waals surface area contributed by atoms with E-state index in [2.05, 4.69) is 4.90 Å². The van der Waals surface area contributed by atoms with Crippen LogP contribution in [0.25, 0.3) is 0 Å². The molecular formula is C33H52N2O8. The minimum absolute atomic E-state index is 0.0159. The van der Waals surface area contributed by atoms with Crippen LogP contribution in [0.4, 0.5) is 0 Å². The Morgan fingerprint density at radius 2 is 1.00 bits per heavy atom. The van der Waals surface area contributed by atoms with Gasteiger partial charge < -0.3 is 19.3 Å². The number of carbonyl (C=O) groups is 4. The molecule has 0 amide bonds. The van der Waals surface area contributed by atoms with Crippen molar-refractivity contribution in [3.63, 3.8) is 0 Å². The molecule has 1 saturated carbocycles. The zero-order valence-electron chi connectivity index (χ0n) is 27.5. The Hall–Kier alpha value is -2.98. The molecule has 0 bridgehead atoms. The molecule has 1 aromatic rings. The SMILES string of the molecule is CC(C)(C)OC(=O)CN(CC(=O)OC(C)(C)C)[C@@H]1CCCC[C@H]1N(CC(=O)OC(C)(C)C)Cc1ccc(CC(=O)O)cc1. The first-order valence-electron chi connectivity index (χ1n) is 15.1. The third kappa shape index (κ3) is 14.4. The van der Waals surface area contributed by atoms with Crippen LogP contribution in [0, 0.1) is 0 Å². The Bertz CT molecular complexity index is 1070. The highest BCUT2D eigenvalue weighted by atomic mass is 16.6. The highest BCUT2D eigenvalue weighted by molar-refractivity contribution is 5.76. The van der Waals surface area contributed by atoms with Crippen LogP contribution in [0.1, 0.15) is 99.1 Å². The molecule has 43 heavy (non-hydrogen) atoms. The largest absolute Gasteiger partial charge is 0.481 e. The molecule has 1 aromatic carbocycles.